The molecule has 2 aromatic rings. The molecule has 0 radical (unpaired) electrons. The number of nitrogens with zero attached hydrogens (tertiary/aromatic N) is 3. The van der Waals surface area contributed by atoms with Gasteiger partial charge in [0.15, 0.2) is 11.3 Å². The standard InChI is InChI=1S/C11H12BrN3O2.BrH/c1-11(2,3)17-10(16)7-6-15-5-4-13-8(12)9(15)14-7;/h4-6H,1-3H3;1H. The number of carbonyl (C=O) groups excluding carboxylic acids is 1. The Hall–Kier alpha value is -0.950. The number of fused-ring (bicyclic) bond motifs is 1. The van der Waals surface area contributed by atoms with E-state index in [1.807, 2.05) is 20.8 Å². The topological polar surface area (TPSA) is 56.5 Å². The molecule has 0 N–H and O–H groups in total. The van der Waals surface area contributed by atoms with Crippen LogP contribution in [0.2, 0.25) is 0 Å². The van der Waals surface area contributed by atoms with Gasteiger partial charge >= 0.3 is 5.97 Å². The zero-order chi connectivity index (χ0) is 12.6. The Morgan fingerprint density at radius 2 is 2.11 bits per heavy atom. The Labute approximate surface area is 123 Å². The van der Waals surface area contributed by atoms with Gasteiger partial charge in [-0.15, -0.1) is 17.0 Å². The summed E-state index contributed by atoms with van der Waals surface area (Å²) in [4.78, 5) is 20.0. The summed E-state index contributed by atoms with van der Waals surface area (Å²) in [6.45, 7) is 5.45. The first-order chi connectivity index (χ1) is 7.87. The van der Waals surface area contributed by atoms with Crippen molar-refractivity contribution < 1.29 is 9.53 Å². The molecule has 2 heterocycles. The number of aromatic nitrogens is 3. The summed E-state index contributed by atoms with van der Waals surface area (Å²) in [6.07, 6.45) is 4.97. The third-order valence-corrected chi connectivity index (χ3v) is 2.50. The van der Waals surface area contributed by atoms with Gasteiger partial charge in [0.2, 0.25) is 0 Å². The zero-order valence-electron chi connectivity index (χ0n) is 10.2. The van der Waals surface area contributed by atoms with E-state index in [9.17, 15) is 4.79 Å². The maximum atomic E-state index is 11.8. The molecule has 0 aliphatic rings. The lowest BCUT2D eigenvalue weighted by Gasteiger charge is -2.18. The highest BCUT2D eigenvalue weighted by Gasteiger charge is 2.20. The van der Waals surface area contributed by atoms with Crippen molar-refractivity contribution in [3.05, 3.63) is 28.9 Å². The van der Waals surface area contributed by atoms with Crippen molar-refractivity contribution >= 4 is 44.5 Å². The van der Waals surface area contributed by atoms with Crippen molar-refractivity contribution in [2.75, 3.05) is 0 Å². The van der Waals surface area contributed by atoms with Gasteiger partial charge in [-0.1, -0.05) is 0 Å². The third-order valence-electron chi connectivity index (χ3n) is 1.94. The van der Waals surface area contributed by atoms with E-state index in [1.165, 1.54) is 0 Å². The Balaban J connectivity index is 0.00000162. The number of halogens is 2. The van der Waals surface area contributed by atoms with E-state index in [0.717, 1.165) is 0 Å². The summed E-state index contributed by atoms with van der Waals surface area (Å²) in [5, 5.41) is 0. The fraction of sp³-hybridized carbons (Fsp3) is 0.364. The molecule has 5 nitrogen and oxygen atoms in total. The number of esters is 1. The first-order valence-electron chi connectivity index (χ1n) is 5.09. The van der Waals surface area contributed by atoms with Crippen molar-refractivity contribution in [1.29, 1.82) is 0 Å². The van der Waals surface area contributed by atoms with Gasteiger partial charge < -0.3 is 9.14 Å². The molecule has 0 saturated carbocycles. The smallest absolute Gasteiger partial charge is 0.359 e. The van der Waals surface area contributed by atoms with Gasteiger partial charge in [-0.3, -0.25) is 0 Å². The second-order valence-electron chi connectivity index (χ2n) is 4.58. The molecule has 2 aromatic heterocycles. The quantitative estimate of drug-likeness (QED) is 0.715. The number of rotatable bonds is 1. The summed E-state index contributed by atoms with van der Waals surface area (Å²) in [5.74, 6) is -0.437. The van der Waals surface area contributed by atoms with E-state index in [4.69, 9.17) is 4.74 Å². The van der Waals surface area contributed by atoms with Crippen LogP contribution in [-0.2, 0) is 4.74 Å². The minimum absolute atomic E-state index is 0. The van der Waals surface area contributed by atoms with Crippen LogP contribution in [0.25, 0.3) is 5.65 Å². The van der Waals surface area contributed by atoms with E-state index in [0.29, 0.717) is 10.3 Å². The minimum atomic E-state index is -0.525. The molecule has 0 unspecified atom stereocenters. The van der Waals surface area contributed by atoms with Gasteiger partial charge in [-0.25, -0.2) is 14.8 Å². The van der Waals surface area contributed by atoms with Crippen molar-refractivity contribution in [3.63, 3.8) is 0 Å². The molecular formula is C11H13Br2N3O2. The molecule has 2 rings (SSSR count). The first kappa shape index (κ1) is 15.1. The van der Waals surface area contributed by atoms with Crippen molar-refractivity contribution in [1.82, 2.24) is 14.4 Å². The van der Waals surface area contributed by atoms with E-state index in [2.05, 4.69) is 25.9 Å². The monoisotopic (exact) mass is 377 g/mol. The Kier molecular flexibility index (Phi) is 4.50. The SMILES string of the molecule is Br.CC(C)(C)OC(=O)c1cn2ccnc(Br)c2n1. The third kappa shape index (κ3) is 3.29. The second-order valence-corrected chi connectivity index (χ2v) is 5.33. The van der Waals surface area contributed by atoms with Gasteiger partial charge in [-0.2, -0.15) is 0 Å². The first-order valence-corrected chi connectivity index (χ1v) is 5.89. The minimum Gasteiger partial charge on any atom is -0.455 e. The molecule has 0 fully saturated rings. The van der Waals surface area contributed by atoms with E-state index in [1.54, 1.807) is 23.0 Å². The summed E-state index contributed by atoms with van der Waals surface area (Å²) < 4.78 is 7.55. The predicted octanol–water partition coefficient (Wildman–Crippen LogP) is 3.03. The van der Waals surface area contributed by atoms with Crippen LogP contribution in [0.4, 0.5) is 0 Å². The highest BCUT2D eigenvalue weighted by Crippen LogP contribution is 2.16. The highest BCUT2D eigenvalue weighted by molar-refractivity contribution is 9.10. The lowest BCUT2D eigenvalue weighted by Crippen LogP contribution is -2.24. The average Bonchev–Trinajstić information content (AvgIpc) is 2.60. The molecule has 0 spiro atoms. The van der Waals surface area contributed by atoms with Crippen LogP contribution in [0, 0.1) is 0 Å². The summed E-state index contributed by atoms with van der Waals surface area (Å²) in [6, 6.07) is 0. The van der Waals surface area contributed by atoms with Gasteiger partial charge in [0.25, 0.3) is 0 Å². The fourth-order valence-electron chi connectivity index (χ4n) is 1.32. The summed E-state index contributed by atoms with van der Waals surface area (Å²) >= 11 is 3.27. The maximum Gasteiger partial charge on any atom is 0.359 e. The van der Waals surface area contributed by atoms with E-state index < -0.39 is 11.6 Å². The van der Waals surface area contributed by atoms with E-state index in [-0.39, 0.29) is 22.7 Å². The number of imidazole rings is 1. The van der Waals surface area contributed by atoms with Crippen molar-refractivity contribution in [2.24, 2.45) is 0 Å². The Morgan fingerprint density at radius 3 is 2.67 bits per heavy atom. The predicted molar refractivity (Wildman–Crippen MR) is 76.2 cm³/mol. The number of hydrogen-bond donors (Lipinski definition) is 0. The average molecular weight is 379 g/mol. The lowest BCUT2D eigenvalue weighted by molar-refractivity contribution is 0.00636. The molecule has 0 saturated heterocycles. The van der Waals surface area contributed by atoms with Crippen LogP contribution in [0.1, 0.15) is 31.3 Å². The molecule has 18 heavy (non-hydrogen) atoms. The normalized spacial score (nSPS) is 11.1. The Bertz CT molecular complexity index is 575. The molecule has 0 aliphatic heterocycles. The fourth-order valence-corrected chi connectivity index (χ4v) is 1.73. The van der Waals surface area contributed by atoms with Crippen LogP contribution in [-0.4, -0.2) is 25.9 Å². The van der Waals surface area contributed by atoms with Crippen LogP contribution < -0.4 is 0 Å². The van der Waals surface area contributed by atoms with Gasteiger partial charge in [0.05, 0.1) is 0 Å². The number of hydrogen-bond acceptors (Lipinski definition) is 4. The molecular weight excluding hydrogens is 366 g/mol. The Morgan fingerprint density at radius 1 is 1.44 bits per heavy atom. The number of carbonyl (C=O) groups is 1. The largest absolute Gasteiger partial charge is 0.455 e. The number of ether oxygens (including phenoxy) is 1. The van der Waals surface area contributed by atoms with Gasteiger partial charge in [0.1, 0.15) is 10.2 Å². The van der Waals surface area contributed by atoms with E-state index >= 15 is 0 Å². The van der Waals surface area contributed by atoms with Crippen LogP contribution in [0.5, 0.6) is 0 Å². The molecule has 98 valence electrons. The molecule has 0 amide bonds. The maximum absolute atomic E-state index is 11.8. The van der Waals surface area contributed by atoms with Crippen molar-refractivity contribution in [3.8, 4) is 0 Å². The second kappa shape index (κ2) is 5.36. The summed E-state index contributed by atoms with van der Waals surface area (Å²) in [5.41, 5.74) is 0.338. The lowest BCUT2D eigenvalue weighted by atomic mass is 10.2. The van der Waals surface area contributed by atoms with Gasteiger partial charge in [-0.05, 0) is 36.7 Å². The van der Waals surface area contributed by atoms with Crippen LogP contribution >= 0.6 is 32.9 Å². The molecule has 7 heteroatoms. The van der Waals surface area contributed by atoms with Crippen LogP contribution in [0.3, 0.4) is 0 Å². The molecule has 0 atom stereocenters. The molecule has 0 aromatic carbocycles. The van der Waals surface area contributed by atoms with Crippen LogP contribution in [0.15, 0.2) is 23.2 Å². The highest BCUT2D eigenvalue weighted by atomic mass is 79.9. The molecule has 0 aliphatic carbocycles. The van der Waals surface area contributed by atoms with Gasteiger partial charge in [0, 0.05) is 18.6 Å². The zero-order valence-corrected chi connectivity index (χ0v) is 13.5. The summed E-state index contributed by atoms with van der Waals surface area (Å²) in [7, 11) is 0. The molecule has 0 bridgehead atoms. The van der Waals surface area contributed by atoms with Crippen molar-refractivity contribution in [2.45, 2.75) is 26.4 Å².